The number of alkyl halides is 3. The van der Waals surface area contributed by atoms with Gasteiger partial charge in [0, 0.05) is 19.7 Å². The van der Waals surface area contributed by atoms with Crippen molar-refractivity contribution in [1.82, 2.24) is 4.90 Å². The summed E-state index contributed by atoms with van der Waals surface area (Å²) in [6, 6.07) is 4.74. The predicted octanol–water partition coefficient (Wildman–Crippen LogP) is 2.60. The lowest BCUT2D eigenvalue weighted by atomic mass is 10.2. The number of likely N-dealkylation sites (N-methyl/N-ethyl adjacent to an activating group) is 1. The van der Waals surface area contributed by atoms with Gasteiger partial charge in [-0.2, -0.15) is 18.4 Å². The number of carbonyl (C=O) groups is 1. The van der Waals surface area contributed by atoms with Crippen LogP contribution in [-0.2, 0) is 4.79 Å². The van der Waals surface area contributed by atoms with Crippen LogP contribution in [0.5, 0.6) is 0 Å². The molecule has 0 saturated heterocycles. The van der Waals surface area contributed by atoms with Crippen molar-refractivity contribution in [3.63, 3.8) is 0 Å². The van der Waals surface area contributed by atoms with Crippen molar-refractivity contribution in [2.75, 3.05) is 13.6 Å². The largest absolute Gasteiger partial charge is 0.465 e. The van der Waals surface area contributed by atoms with Gasteiger partial charge in [-0.05, 0) is 12.1 Å². The number of amides is 1. The highest BCUT2D eigenvalue weighted by molar-refractivity contribution is 6.01. The molecule has 0 aliphatic carbocycles. The first-order valence-electron chi connectivity index (χ1n) is 5.31. The first-order chi connectivity index (χ1) is 8.83. The van der Waals surface area contributed by atoms with Gasteiger partial charge in [0.2, 0.25) is 0 Å². The second-order valence-electron chi connectivity index (χ2n) is 3.78. The molecule has 1 amide bonds. The molecule has 0 unspecified atom stereocenters. The van der Waals surface area contributed by atoms with E-state index in [1.807, 2.05) is 0 Å². The van der Waals surface area contributed by atoms with E-state index in [0.717, 1.165) is 4.90 Å². The maximum Gasteiger partial charge on any atom is 0.390 e. The third-order valence-corrected chi connectivity index (χ3v) is 2.26. The van der Waals surface area contributed by atoms with Crippen molar-refractivity contribution >= 4 is 12.0 Å². The van der Waals surface area contributed by atoms with Crippen LogP contribution < -0.4 is 0 Å². The van der Waals surface area contributed by atoms with Crippen molar-refractivity contribution in [1.29, 1.82) is 5.26 Å². The Morgan fingerprint density at radius 2 is 2.26 bits per heavy atom. The minimum Gasteiger partial charge on any atom is -0.465 e. The van der Waals surface area contributed by atoms with Crippen molar-refractivity contribution in [2.45, 2.75) is 12.6 Å². The number of nitriles is 1. The first kappa shape index (κ1) is 14.8. The summed E-state index contributed by atoms with van der Waals surface area (Å²) in [5.41, 5.74) is -0.278. The molecular weight excluding hydrogens is 261 g/mol. The van der Waals surface area contributed by atoms with E-state index in [-0.39, 0.29) is 11.3 Å². The number of nitrogens with zero attached hydrogens (tertiary/aromatic N) is 2. The average Bonchev–Trinajstić information content (AvgIpc) is 2.84. The van der Waals surface area contributed by atoms with Crippen LogP contribution in [0.4, 0.5) is 13.2 Å². The summed E-state index contributed by atoms with van der Waals surface area (Å²) in [7, 11) is 1.21. The average molecular weight is 272 g/mol. The van der Waals surface area contributed by atoms with E-state index in [1.54, 1.807) is 12.1 Å². The van der Waals surface area contributed by atoms with Crippen molar-refractivity contribution in [3.05, 3.63) is 29.7 Å². The lowest BCUT2D eigenvalue weighted by Gasteiger charge is -2.17. The Morgan fingerprint density at radius 3 is 2.74 bits per heavy atom. The van der Waals surface area contributed by atoms with Crippen LogP contribution in [-0.4, -0.2) is 30.6 Å². The Morgan fingerprint density at radius 1 is 1.58 bits per heavy atom. The maximum atomic E-state index is 12.0. The van der Waals surface area contributed by atoms with E-state index in [9.17, 15) is 18.0 Å². The van der Waals surface area contributed by atoms with E-state index >= 15 is 0 Å². The molecule has 1 aromatic heterocycles. The number of furan rings is 1. The topological polar surface area (TPSA) is 57.2 Å². The van der Waals surface area contributed by atoms with Gasteiger partial charge in [0.1, 0.15) is 17.4 Å². The molecule has 0 bridgehead atoms. The number of halogens is 3. The number of carbonyl (C=O) groups excluding carboxylic acids is 1. The molecule has 0 radical (unpaired) electrons. The van der Waals surface area contributed by atoms with Crippen LogP contribution in [0, 0.1) is 11.3 Å². The van der Waals surface area contributed by atoms with E-state index in [0.29, 0.717) is 0 Å². The highest BCUT2D eigenvalue weighted by Crippen LogP contribution is 2.20. The zero-order chi connectivity index (χ0) is 14.5. The van der Waals surface area contributed by atoms with E-state index in [4.69, 9.17) is 9.68 Å². The number of rotatable bonds is 4. The molecular formula is C12H11F3N2O2. The molecule has 0 aliphatic heterocycles. The molecule has 4 nitrogen and oxygen atoms in total. The molecule has 1 rings (SSSR count). The van der Waals surface area contributed by atoms with Gasteiger partial charge in [-0.15, -0.1) is 0 Å². The SMILES string of the molecule is CN(CCC(F)(F)F)C(=O)/C(C#N)=C/c1ccco1. The summed E-state index contributed by atoms with van der Waals surface area (Å²) in [4.78, 5) is 12.6. The molecule has 0 aromatic carbocycles. The number of hydrogen-bond donors (Lipinski definition) is 0. The zero-order valence-corrected chi connectivity index (χ0v) is 10.1. The third-order valence-electron chi connectivity index (χ3n) is 2.26. The molecule has 7 heteroatoms. The Bertz CT molecular complexity index is 498. The maximum absolute atomic E-state index is 12.0. The van der Waals surface area contributed by atoms with E-state index < -0.39 is 25.0 Å². The summed E-state index contributed by atoms with van der Waals surface area (Å²) in [5, 5.41) is 8.84. The molecule has 1 aromatic rings. The first-order valence-corrected chi connectivity index (χ1v) is 5.31. The minimum absolute atomic E-state index is 0.278. The summed E-state index contributed by atoms with van der Waals surface area (Å²) >= 11 is 0. The molecule has 1 heterocycles. The van der Waals surface area contributed by atoms with Gasteiger partial charge < -0.3 is 9.32 Å². The Labute approximate surface area is 107 Å². The second kappa shape index (κ2) is 6.09. The third kappa shape index (κ3) is 4.87. The summed E-state index contributed by atoms with van der Waals surface area (Å²) in [5.74, 6) is -0.489. The Balaban J connectivity index is 2.72. The van der Waals surface area contributed by atoms with Gasteiger partial charge in [0.25, 0.3) is 5.91 Å². The monoisotopic (exact) mass is 272 g/mol. The second-order valence-corrected chi connectivity index (χ2v) is 3.78. The quantitative estimate of drug-likeness (QED) is 0.625. The van der Waals surface area contributed by atoms with Crippen molar-refractivity contribution in [3.8, 4) is 6.07 Å². The van der Waals surface area contributed by atoms with Crippen LogP contribution in [0.25, 0.3) is 6.08 Å². The van der Waals surface area contributed by atoms with Gasteiger partial charge in [-0.1, -0.05) is 0 Å². The fourth-order valence-electron chi connectivity index (χ4n) is 1.26. The molecule has 102 valence electrons. The smallest absolute Gasteiger partial charge is 0.390 e. The van der Waals surface area contributed by atoms with E-state index in [1.165, 1.54) is 25.5 Å². The minimum atomic E-state index is -4.34. The van der Waals surface area contributed by atoms with Crippen LogP contribution in [0.2, 0.25) is 0 Å². The van der Waals surface area contributed by atoms with Crippen LogP contribution in [0.1, 0.15) is 12.2 Å². The highest BCUT2D eigenvalue weighted by Gasteiger charge is 2.28. The molecule has 0 atom stereocenters. The lowest BCUT2D eigenvalue weighted by Crippen LogP contribution is -2.31. The fourth-order valence-corrected chi connectivity index (χ4v) is 1.26. The standard InChI is InChI=1S/C12H11F3N2O2/c1-17(5-4-12(13,14)15)11(18)9(8-16)7-10-3-2-6-19-10/h2-3,6-7H,4-5H2,1H3/b9-7+. The Hall–Kier alpha value is -2.23. The summed E-state index contributed by atoms with van der Waals surface area (Å²) in [6.45, 7) is -0.500. The molecule has 0 spiro atoms. The molecule has 19 heavy (non-hydrogen) atoms. The normalized spacial score (nSPS) is 12.1. The van der Waals surface area contributed by atoms with Gasteiger partial charge in [0.15, 0.2) is 0 Å². The zero-order valence-electron chi connectivity index (χ0n) is 10.1. The van der Waals surface area contributed by atoms with Gasteiger partial charge in [-0.25, -0.2) is 0 Å². The van der Waals surface area contributed by atoms with Crippen molar-refractivity contribution < 1.29 is 22.4 Å². The van der Waals surface area contributed by atoms with Crippen LogP contribution >= 0.6 is 0 Å². The molecule has 0 aliphatic rings. The van der Waals surface area contributed by atoms with Crippen LogP contribution in [0.15, 0.2) is 28.4 Å². The summed E-state index contributed by atoms with van der Waals surface area (Å²) < 4.78 is 41.0. The van der Waals surface area contributed by atoms with Gasteiger partial charge in [-0.3, -0.25) is 4.79 Å². The molecule has 0 N–H and O–H groups in total. The number of hydrogen-bond acceptors (Lipinski definition) is 3. The van der Waals surface area contributed by atoms with E-state index in [2.05, 4.69) is 0 Å². The molecule has 0 saturated carbocycles. The lowest BCUT2D eigenvalue weighted by molar-refractivity contribution is -0.142. The fraction of sp³-hybridized carbons (Fsp3) is 0.333. The van der Waals surface area contributed by atoms with Crippen molar-refractivity contribution in [2.24, 2.45) is 0 Å². The summed E-state index contributed by atoms with van der Waals surface area (Å²) in [6.07, 6.45) is -2.91. The Kier molecular flexibility index (Phi) is 4.75. The highest BCUT2D eigenvalue weighted by atomic mass is 19.4. The van der Waals surface area contributed by atoms with Crippen LogP contribution in [0.3, 0.4) is 0 Å². The molecule has 0 fully saturated rings. The van der Waals surface area contributed by atoms with Gasteiger partial charge >= 0.3 is 6.18 Å². The van der Waals surface area contributed by atoms with Gasteiger partial charge in [0.05, 0.1) is 12.7 Å². The predicted molar refractivity (Wildman–Crippen MR) is 60.6 cm³/mol.